The van der Waals surface area contributed by atoms with Gasteiger partial charge >= 0.3 is 0 Å². The Hall–Kier alpha value is -4.01. The number of hydrogen-bond acceptors (Lipinski definition) is 5. The second-order valence-corrected chi connectivity index (χ2v) is 10.5. The van der Waals surface area contributed by atoms with Crippen LogP contribution in [0.3, 0.4) is 0 Å². The molecule has 4 aromatic carbocycles. The molecule has 1 N–H and O–H groups in total. The Morgan fingerprint density at radius 2 is 1.42 bits per heavy atom. The Bertz CT molecular complexity index is 1440. The highest BCUT2D eigenvalue weighted by Crippen LogP contribution is 2.27. The zero-order valence-electron chi connectivity index (χ0n) is 20.7. The number of amides is 1. The van der Waals surface area contributed by atoms with Gasteiger partial charge in [0.2, 0.25) is 5.91 Å². The molecule has 38 heavy (non-hydrogen) atoms. The lowest BCUT2D eigenvalue weighted by atomic mass is 10.2. The minimum Gasteiger partial charge on any atom is -0.494 e. The van der Waals surface area contributed by atoms with E-state index in [-0.39, 0.29) is 4.90 Å². The zero-order valence-corrected chi connectivity index (χ0v) is 22.3. The van der Waals surface area contributed by atoms with Crippen LogP contribution in [0.1, 0.15) is 12.5 Å². The van der Waals surface area contributed by atoms with Gasteiger partial charge in [0.1, 0.15) is 24.7 Å². The average molecular weight is 551 g/mol. The second kappa shape index (κ2) is 12.5. The predicted molar refractivity (Wildman–Crippen MR) is 149 cm³/mol. The summed E-state index contributed by atoms with van der Waals surface area (Å²) in [4.78, 5) is 13.0. The van der Waals surface area contributed by atoms with E-state index >= 15 is 0 Å². The summed E-state index contributed by atoms with van der Waals surface area (Å²) in [5.41, 5.74) is 1.88. The van der Waals surface area contributed by atoms with E-state index in [1.54, 1.807) is 48.5 Å². The zero-order chi connectivity index (χ0) is 27.0. The molecule has 0 fully saturated rings. The SMILES string of the molecule is CCOc1ccc(N(CC(=O)Nc2ccc(OCc3ccccc3)cc2)S(=O)(=O)c2ccc(Cl)cc2)cc1. The standard InChI is InChI=1S/C29H27ClN2O5S/c1-2-36-26-16-12-25(13-17-26)32(38(34,35)28-18-8-23(30)9-19-28)20-29(33)31-24-10-14-27(15-11-24)37-21-22-6-4-3-5-7-22/h3-19H,2,20-21H2,1H3,(H,31,33). The number of halogens is 1. The van der Waals surface area contributed by atoms with Gasteiger partial charge in [0.15, 0.2) is 0 Å². The lowest BCUT2D eigenvalue weighted by Gasteiger charge is -2.24. The molecule has 0 aliphatic carbocycles. The number of anilines is 2. The summed E-state index contributed by atoms with van der Waals surface area (Å²) >= 11 is 5.95. The first-order chi connectivity index (χ1) is 18.3. The lowest BCUT2D eigenvalue weighted by molar-refractivity contribution is -0.114. The van der Waals surface area contributed by atoms with Gasteiger partial charge in [0, 0.05) is 10.7 Å². The van der Waals surface area contributed by atoms with Crippen molar-refractivity contribution in [1.82, 2.24) is 0 Å². The van der Waals surface area contributed by atoms with Crippen molar-refractivity contribution in [3.63, 3.8) is 0 Å². The van der Waals surface area contributed by atoms with E-state index in [1.807, 2.05) is 37.3 Å². The summed E-state index contributed by atoms with van der Waals surface area (Å²) in [6, 6.07) is 29.0. The van der Waals surface area contributed by atoms with E-state index < -0.39 is 22.5 Å². The van der Waals surface area contributed by atoms with Crippen molar-refractivity contribution in [2.45, 2.75) is 18.4 Å². The van der Waals surface area contributed by atoms with Crippen LogP contribution in [-0.2, 0) is 21.4 Å². The molecule has 0 aliphatic rings. The number of nitrogens with one attached hydrogen (secondary N) is 1. The van der Waals surface area contributed by atoms with Crippen LogP contribution < -0.4 is 19.1 Å². The molecular formula is C29H27ClN2O5S. The molecule has 0 saturated heterocycles. The largest absolute Gasteiger partial charge is 0.494 e. The molecule has 0 heterocycles. The van der Waals surface area contributed by atoms with Crippen molar-refractivity contribution in [2.75, 3.05) is 22.8 Å². The van der Waals surface area contributed by atoms with Crippen LogP contribution in [0, 0.1) is 0 Å². The summed E-state index contributed by atoms with van der Waals surface area (Å²) in [5, 5.41) is 3.17. The minimum atomic E-state index is -4.07. The van der Waals surface area contributed by atoms with Crippen LogP contribution in [-0.4, -0.2) is 27.5 Å². The monoisotopic (exact) mass is 550 g/mol. The summed E-state index contributed by atoms with van der Waals surface area (Å²) in [7, 11) is -4.07. The van der Waals surface area contributed by atoms with Crippen molar-refractivity contribution in [3.05, 3.63) is 114 Å². The number of sulfonamides is 1. The third kappa shape index (κ3) is 7.06. The molecule has 0 unspecified atom stereocenters. The highest BCUT2D eigenvalue weighted by atomic mass is 35.5. The first kappa shape index (κ1) is 27.0. The molecule has 0 saturated carbocycles. The minimum absolute atomic E-state index is 0.0171. The van der Waals surface area contributed by atoms with E-state index in [0.29, 0.717) is 41.1 Å². The van der Waals surface area contributed by atoms with Gasteiger partial charge in [-0.2, -0.15) is 0 Å². The van der Waals surface area contributed by atoms with E-state index in [9.17, 15) is 13.2 Å². The average Bonchev–Trinajstić information content (AvgIpc) is 2.93. The third-order valence-corrected chi connectivity index (χ3v) is 7.55. The van der Waals surface area contributed by atoms with Gasteiger partial charge in [0.25, 0.3) is 10.0 Å². The summed E-state index contributed by atoms with van der Waals surface area (Å²) in [6.45, 7) is 2.32. The fourth-order valence-electron chi connectivity index (χ4n) is 3.63. The molecule has 0 radical (unpaired) electrons. The molecule has 1 amide bonds. The Balaban J connectivity index is 1.49. The third-order valence-electron chi connectivity index (χ3n) is 5.51. The Labute approximate surface area is 227 Å². The lowest BCUT2D eigenvalue weighted by Crippen LogP contribution is -2.38. The normalized spacial score (nSPS) is 11.0. The predicted octanol–water partition coefficient (Wildman–Crippen LogP) is 6.15. The van der Waals surface area contributed by atoms with E-state index in [0.717, 1.165) is 9.87 Å². The maximum atomic E-state index is 13.5. The van der Waals surface area contributed by atoms with Gasteiger partial charge in [-0.3, -0.25) is 9.10 Å². The fourth-order valence-corrected chi connectivity index (χ4v) is 5.18. The number of hydrogen-bond donors (Lipinski definition) is 1. The molecular weight excluding hydrogens is 524 g/mol. The summed E-state index contributed by atoms with van der Waals surface area (Å²) < 4.78 is 39.4. The molecule has 0 atom stereocenters. The molecule has 7 nitrogen and oxygen atoms in total. The number of nitrogens with zero attached hydrogens (tertiary/aromatic N) is 1. The van der Waals surface area contributed by atoms with Crippen LogP contribution in [0.15, 0.2) is 108 Å². The Morgan fingerprint density at radius 1 is 0.816 bits per heavy atom. The highest BCUT2D eigenvalue weighted by molar-refractivity contribution is 7.92. The van der Waals surface area contributed by atoms with Gasteiger partial charge in [0.05, 0.1) is 17.2 Å². The van der Waals surface area contributed by atoms with Gasteiger partial charge in [-0.25, -0.2) is 8.42 Å². The number of rotatable bonds is 11. The van der Waals surface area contributed by atoms with Crippen LogP contribution >= 0.6 is 11.6 Å². The molecule has 0 bridgehead atoms. The first-order valence-electron chi connectivity index (χ1n) is 11.9. The van der Waals surface area contributed by atoms with Crippen LogP contribution in [0.5, 0.6) is 11.5 Å². The van der Waals surface area contributed by atoms with Gasteiger partial charge in [-0.05, 0) is 85.3 Å². The Morgan fingerprint density at radius 3 is 2.05 bits per heavy atom. The first-order valence-corrected chi connectivity index (χ1v) is 13.7. The Kier molecular flexibility index (Phi) is 8.89. The van der Waals surface area contributed by atoms with Crippen molar-refractivity contribution in [2.24, 2.45) is 0 Å². The number of carbonyl (C=O) groups is 1. The van der Waals surface area contributed by atoms with E-state index in [2.05, 4.69) is 5.32 Å². The molecule has 9 heteroatoms. The second-order valence-electron chi connectivity index (χ2n) is 8.24. The van der Waals surface area contributed by atoms with Gasteiger partial charge in [-0.1, -0.05) is 41.9 Å². The molecule has 0 spiro atoms. The van der Waals surface area contributed by atoms with E-state index in [1.165, 1.54) is 24.3 Å². The van der Waals surface area contributed by atoms with Crippen LogP contribution in [0.4, 0.5) is 11.4 Å². The van der Waals surface area contributed by atoms with Gasteiger partial charge < -0.3 is 14.8 Å². The molecule has 4 rings (SSSR count). The number of benzene rings is 4. The number of ether oxygens (including phenoxy) is 2. The number of carbonyl (C=O) groups excluding carboxylic acids is 1. The van der Waals surface area contributed by atoms with Crippen molar-refractivity contribution in [1.29, 1.82) is 0 Å². The van der Waals surface area contributed by atoms with Crippen molar-refractivity contribution >= 4 is 38.9 Å². The molecule has 0 aromatic heterocycles. The smallest absolute Gasteiger partial charge is 0.264 e. The topological polar surface area (TPSA) is 84.9 Å². The van der Waals surface area contributed by atoms with Crippen LogP contribution in [0.2, 0.25) is 5.02 Å². The quantitative estimate of drug-likeness (QED) is 0.242. The molecule has 0 aliphatic heterocycles. The van der Waals surface area contributed by atoms with Gasteiger partial charge in [-0.15, -0.1) is 0 Å². The van der Waals surface area contributed by atoms with Crippen molar-refractivity contribution in [3.8, 4) is 11.5 Å². The maximum absolute atomic E-state index is 13.5. The summed E-state index contributed by atoms with van der Waals surface area (Å²) in [6.07, 6.45) is 0. The fraction of sp³-hybridized carbons (Fsp3) is 0.138. The van der Waals surface area contributed by atoms with E-state index in [4.69, 9.17) is 21.1 Å². The maximum Gasteiger partial charge on any atom is 0.264 e. The van der Waals surface area contributed by atoms with Crippen LogP contribution in [0.25, 0.3) is 0 Å². The summed E-state index contributed by atoms with van der Waals surface area (Å²) in [5.74, 6) is 0.738. The molecule has 196 valence electrons. The van der Waals surface area contributed by atoms with Crippen molar-refractivity contribution < 1.29 is 22.7 Å². The highest BCUT2D eigenvalue weighted by Gasteiger charge is 2.27. The molecule has 4 aromatic rings.